The van der Waals surface area contributed by atoms with Gasteiger partial charge in [-0.05, 0) is 32.5 Å². The first-order valence-electron chi connectivity index (χ1n) is 5.94. The molecule has 16 heavy (non-hydrogen) atoms. The smallest absolute Gasteiger partial charge is 0.223 e. The van der Waals surface area contributed by atoms with Crippen molar-refractivity contribution in [1.29, 1.82) is 0 Å². The Bertz CT molecular complexity index is 326. The van der Waals surface area contributed by atoms with Gasteiger partial charge in [0.2, 0.25) is 5.89 Å². The maximum atomic E-state index is 4.95. The predicted molar refractivity (Wildman–Crippen MR) is 61.2 cm³/mol. The van der Waals surface area contributed by atoms with Gasteiger partial charge in [0.1, 0.15) is 0 Å². The molecule has 1 aromatic heterocycles. The van der Waals surface area contributed by atoms with Crippen LogP contribution < -0.4 is 5.32 Å². The van der Waals surface area contributed by atoms with E-state index < -0.39 is 0 Å². The molecule has 1 aromatic rings. The fourth-order valence-electron chi connectivity index (χ4n) is 2.27. The van der Waals surface area contributed by atoms with Gasteiger partial charge in [-0.25, -0.2) is 0 Å². The second kappa shape index (κ2) is 5.41. The van der Waals surface area contributed by atoms with E-state index in [0.29, 0.717) is 5.89 Å². The van der Waals surface area contributed by atoms with Crippen LogP contribution in [0.25, 0.3) is 0 Å². The van der Waals surface area contributed by atoms with Gasteiger partial charge in [0.05, 0.1) is 0 Å². The normalized spacial score (nSPS) is 21.8. The molecule has 1 saturated heterocycles. The van der Waals surface area contributed by atoms with Crippen molar-refractivity contribution in [3.8, 4) is 0 Å². The summed E-state index contributed by atoms with van der Waals surface area (Å²) in [5.41, 5.74) is 0. The Morgan fingerprint density at radius 2 is 2.44 bits per heavy atom. The maximum absolute atomic E-state index is 4.95. The lowest BCUT2D eigenvalue weighted by molar-refractivity contribution is 0.321. The van der Waals surface area contributed by atoms with Gasteiger partial charge >= 0.3 is 0 Å². The van der Waals surface area contributed by atoms with E-state index in [1.165, 1.54) is 19.5 Å². The van der Waals surface area contributed by atoms with Gasteiger partial charge in [-0.15, -0.1) is 0 Å². The van der Waals surface area contributed by atoms with E-state index in [9.17, 15) is 0 Å². The summed E-state index contributed by atoms with van der Waals surface area (Å²) in [6.07, 6.45) is 2.19. The number of hydrogen-bond donors (Lipinski definition) is 1. The Labute approximate surface area is 96.2 Å². The van der Waals surface area contributed by atoms with Crippen molar-refractivity contribution in [3.05, 3.63) is 11.7 Å². The third-order valence-corrected chi connectivity index (χ3v) is 3.08. The van der Waals surface area contributed by atoms with Crippen LogP contribution in [0.15, 0.2) is 4.52 Å². The number of rotatable bonds is 5. The van der Waals surface area contributed by atoms with Crippen LogP contribution >= 0.6 is 0 Å². The SMILES string of the molecule is CNCC1CCN(CCc2noc(C)n2)C1. The summed E-state index contributed by atoms with van der Waals surface area (Å²) in [6, 6.07) is 0. The highest BCUT2D eigenvalue weighted by atomic mass is 16.5. The first-order chi connectivity index (χ1) is 7.78. The highest BCUT2D eigenvalue weighted by Crippen LogP contribution is 2.15. The minimum atomic E-state index is 0.657. The monoisotopic (exact) mass is 224 g/mol. The molecule has 1 fully saturated rings. The molecule has 90 valence electrons. The van der Waals surface area contributed by atoms with Crippen LogP contribution in [0.3, 0.4) is 0 Å². The van der Waals surface area contributed by atoms with E-state index in [1.807, 2.05) is 14.0 Å². The Kier molecular flexibility index (Phi) is 3.90. The highest BCUT2D eigenvalue weighted by molar-refractivity contribution is 4.86. The molecule has 2 rings (SSSR count). The first kappa shape index (κ1) is 11.5. The van der Waals surface area contributed by atoms with Crippen LogP contribution in [-0.2, 0) is 6.42 Å². The van der Waals surface area contributed by atoms with Crippen molar-refractivity contribution in [2.24, 2.45) is 5.92 Å². The Balaban J connectivity index is 1.71. The van der Waals surface area contributed by atoms with E-state index in [-0.39, 0.29) is 0 Å². The van der Waals surface area contributed by atoms with Gasteiger partial charge < -0.3 is 14.7 Å². The van der Waals surface area contributed by atoms with Gasteiger partial charge in [0, 0.05) is 26.4 Å². The van der Waals surface area contributed by atoms with Crippen molar-refractivity contribution in [1.82, 2.24) is 20.4 Å². The van der Waals surface area contributed by atoms with E-state index in [2.05, 4.69) is 20.4 Å². The number of aromatic nitrogens is 2. The molecule has 2 heterocycles. The second-order valence-electron chi connectivity index (χ2n) is 4.49. The minimum Gasteiger partial charge on any atom is -0.340 e. The molecule has 0 amide bonds. The van der Waals surface area contributed by atoms with Crippen molar-refractivity contribution >= 4 is 0 Å². The lowest BCUT2D eigenvalue weighted by atomic mass is 10.1. The van der Waals surface area contributed by atoms with Crippen LogP contribution in [0.1, 0.15) is 18.1 Å². The second-order valence-corrected chi connectivity index (χ2v) is 4.49. The van der Waals surface area contributed by atoms with Crippen LogP contribution in [0, 0.1) is 12.8 Å². The topological polar surface area (TPSA) is 54.2 Å². The quantitative estimate of drug-likeness (QED) is 0.787. The fraction of sp³-hybridized carbons (Fsp3) is 0.818. The molecule has 1 aliphatic rings. The van der Waals surface area contributed by atoms with E-state index in [0.717, 1.165) is 31.3 Å². The van der Waals surface area contributed by atoms with Gasteiger partial charge in [-0.1, -0.05) is 5.16 Å². The molecular formula is C11H20N4O. The minimum absolute atomic E-state index is 0.657. The molecule has 0 radical (unpaired) electrons. The summed E-state index contributed by atoms with van der Waals surface area (Å²) < 4.78 is 4.95. The molecule has 1 aliphatic heterocycles. The summed E-state index contributed by atoms with van der Waals surface area (Å²) in [4.78, 5) is 6.69. The highest BCUT2D eigenvalue weighted by Gasteiger charge is 2.21. The summed E-state index contributed by atoms with van der Waals surface area (Å²) in [5.74, 6) is 2.29. The molecule has 5 nitrogen and oxygen atoms in total. The molecule has 1 N–H and O–H groups in total. The number of nitrogens with zero attached hydrogens (tertiary/aromatic N) is 3. The van der Waals surface area contributed by atoms with Crippen LogP contribution in [-0.4, -0.2) is 48.3 Å². The molecule has 0 aliphatic carbocycles. The molecule has 0 aromatic carbocycles. The van der Waals surface area contributed by atoms with Crippen molar-refractivity contribution < 1.29 is 4.52 Å². The van der Waals surface area contributed by atoms with Gasteiger partial charge in [-0.3, -0.25) is 0 Å². The number of nitrogens with one attached hydrogen (secondary N) is 1. The lowest BCUT2D eigenvalue weighted by Crippen LogP contribution is -2.26. The Hall–Kier alpha value is -0.940. The summed E-state index contributed by atoms with van der Waals surface area (Å²) in [7, 11) is 2.02. The zero-order chi connectivity index (χ0) is 11.4. The molecule has 1 unspecified atom stereocenters. The average Bonchev–Trinajstić information content (AvgIpc) is 2.85. The lowest BCUT2D eigenvalue weighted by Gasteiger charge is -2.14. The van der Waals surface area contributed by atoms with Crippen LogP contribution in [0.4, 0.5) is 0 Å². The molecular weight excluding hydrogens is 204 g/mol. The van der Waals surface area contributed by atoms with Gasteiger partial charge in [0.25, 0.3) is 0 Å². The zero-order valence-electron chi connectivity index (χ0n) is 10.1. The number of aryl methyl sites for hydroxylation is 1. The third-order valence-electron chi connectivity index (χ3n) is 3.08. The molecule has 1 atom stereocenters. The number of likely N-dealkylation sites (tertiary alicyclic amines) is 1. The van der Waals surface area contributed by atoms with E-state index in [1.54, 1.807) is 0 Å². The Morgan fingerprint density at radius 1 is 1.56 bits per heavy atom. The summed E-state index contributed by atoms with van der Waals surface area (Å²) >= 11 is 0. The fourth-order valence-corrected chi connectivity index (χ4v) is 2.27. The van der Waals surface area contributed by atoms with E-state index in [4.69, 9.17) is 4.52 Å². The average molecular weight is 224 g/mol. The molecule has 0 spiro atoms. The summed E-state index contributed by atoms with van der Waals surface area (Å²) in [5, 5.41) is 7.15. The standard InChI is InChI=1S/C11H20N4O/c1-9-13-11(14-16-9)4-6-15-5-3-10(8-15)7-12-2/h10,12H,3-8H2,1-2H3. The van der Waals surface area contributed by atoms with Gasteiger partial charge in [-0.2, -0.15) is 4.98 Å². The van der Waals surface area contributed by atoms with Crippen molar-refractivity contribution in [3.63, 3.8) is 0 Å². The van der Waals surface area contributed by atoms with E-state index >= 15 is 0 Å². The maximum Gasteiger partial charge on any atom is 0.223 e. The Morgan fingerprint density at radius 3 is 3.12 bits per heavy atom. The number of hydrogen-bond acceptors (Lipinski definition) is 5. The zero-order valence-corrected chi connectivity index (χ0v) is 10.1. The summed E-state index contributed by atoms with van der Waals surface area (Å²) in [6.45, 7) is 6.38. The predicted octanol–water partition coefficient (Wildman–Crippen LogP) is 0.462. The van der Waals surface area contributed by atoms with Crippen LogP contribution in [0.5, 0.6) is 0 Å². The molecule has 0 saturated carbocycles. The van der Waals surface area contributed by atoms with Gasteiger partial charge in [0.15, 0.2) is 5.82 Å². The third kappa shape index (κ3) is 3.02. The molecule has 0 bridgehead atoms. The first-order valence-corrected chi connectivity index (χ1v) is 5.94. The van der Waals surface area contributed by atoms with Crippen molar-refractivity contribution in [2.45, 2.75) is 19.8 Å². The largest absolute Gasteiger partial charge is 0.340 e. The van der Waals surface area contributed by atoms with Crippen LogP contribution in [0.2, 0.25) is 0 Å². The van der Waals surface area contributed by atoms with Crippen molar-refractivity contribution in [2.75, 3.05) is 33.2 Å². The molecule has 5 heteroatoms.